The van der Waals surface area contributed by atoms with Crippen LogP contribution in [0.15, 0.2) is 0 Å². The van der Waals surface area contributed by atoms with Crippen LogP contribution in [0.25, 0.3) is 0 Å². The van der Waals surface area contributed by atoms with E-state index >= 15 is 0 Å². The summed E-state index contributed by atoms with van der Waals surface area (Å²) in [6.45, 7) is 8.05. The number of Topliss-reactive ketones (excluding diaryl/α,β-unsaturated/α-hetero) is 1. The Morgan fingerprint density at radius 3 is 2.31 bits per heavy atom. The summed E-state index contributed by atoms with van der Waals surface area (Å²) in [5.41, 5.74) is -0.0000746. The Kier molecular flexibility index (Phi) is 4.69. The summed E-state index contributed by atoms with van der Waals surface area (Å²) in [6.07, 6.45) is 2.10. The number of nitriles is 1. The van der Waals surface area contributed by atoms with Gasteiger partial charge in [-0.15, -0.1) is 0 Å². The summed E-state index contributed by atoms with van der Waals surface area (Å²) < 4.78 is 0. The maximum Gasteiger partial charge on any atom is 0.150 e. The highest BCUT2D eigenvalue weighted by Gasteiger charge is 2.22. The van der Waals surface area contributed by atoms with Gasteiger partial charge in [-0.3, -0.25) is 4.79 Å². The molecule has 0 aliphatic rings. The smallest absolute Gasteiger partial charge is 0.150 e. The zero-order chi connectivity index (χ0) is 10.5. The molecular formula is C11H19NO. The SMILES string of the molecule is CCCC(C#N)C(=O)CC(C)(C)C. The van der Waals surface area contributed by atoms with E-state index in [-0.39, 0.29) is 17.1 Å². The summed E-state index contributed by atoms with van der Waals surface area (Å²) in [4.78, 5) is 11.6. The van der Waals surface area contributed by atoms with Crippen molar-refractivity contribution in [2.75, 3.05) is 0 Å². The molecule has 0 rings (SSSR count). The Morgan fingerprint density at radius 1 is 1.46 bits per heavy atom. The Hall–Kier alpha value is -0.840. The standard InChI is InChI=1S/C11H19NO/c1-5-6-9(8-12)10(13)7-11(2,3)4/h9H,5-7H2,1-4H3. The van der Waals surface area contributed by atoms with Crippen molar-refractivity contribution in [1.82, 2.24) is 0 Å². The van der Waals surface area contributed by atoms with Gasteiger partial charge in [-0.05, 0) is 11.8 Å². The van der Waals surface area contributed by atoms with Gasteiger partial charge in [0.15, 0.2) is 5.78 Å². The Morgan fingerprint density at radius 2 is 2.00 bits per heavy atom. The fraction of sp³-hybridized carbons (Fsp3) is 0.818. The van der Waals surface area contributed by atoms with Crippen LogP contribution in [-0.2, 0) is 4.79 Å². The lowest BCUT2D eigenvalue weighted by Gasteiger charge is -2.18. The molecule has 0 aromatic carbocycles. The summed E-state index contributed by atoms with van der Waals surface area (Å²) in [6, 6.07) is 2.08. The molecule has 0 N–H and O–H groups in total. The highest BCUT2D eigenvalue weighted by Crippen LogP contribution is 2.22. The number of hydrogen-bond donors (Lipinski definition) is 0. The molecule has 0 fully saturated rings. The molecule has 1 atom stereocenters. The third kappa shape index (κ3) is 5.41. The molecule has 0 heterocycles. The average molecular weight is 181 g/mol. The van der Waals surface area contributed by atoms with Crippen molar-refractivity contribution >= 4 is 5.78 Å². The fourth-order valence-electron chi connectivity index (χ4n) is 1.23. The molecule has 1 unspecified atom stereocenters. The number of nitrogens with zero attached hydrogens (tertiary/aromatic N) is 1. The van der Waals surface area contributed by atoms with Crippen LogP contribution in [0.3, 0.4) is 0 Å². The molecule has 0 aliphatic carbocycles. The summed E-state index contributed by atoms with van der Waals surface area (Å²) in [5, 5.41) is 8.75. The van der Waals surface area contributed by atoms with Crippen molar-refractivity contribution < 1.29 is 4.79 Å². The minimum absolute atomic E-state index is 0.0000746. The quantitative estimate of drug-likeness (QED) is 0.669. The Labute approximate surface area is 80.9 Å². The topological polar surface area (TPSA) is 40.9 Å². The third-order valence-corrected chi connectivity index (χ3v) is 1.83. The van der Waals surface area contributed by atoms with Crippen molar-refractivity contribution in [3.8, 4) is 6.07 Å². The van der Waals surface area contributed by atoms with Crippen molar-refractivity contribution in [1.29, 1.82) is 5.26 Å². The number of ketones is 1. The zero-order valence-electron chi connectivity index (χ0n) is 9.05. The summed E-state index contributed by atoms with van der Waals surface area (Å²) >= 11 is 0. The molecule has 0 spiro atoms. The fourth-order valence-corrected chi connectivity index (χ4v) is 1.23. The van der Waals surface area contributed by atoms with Crippen LogP contribution < -0.4 is 0 Å². The van der Waals surface area contributed by atoms with E-state index < -0.39 is 0 Å². The van der Waals surface area contributed by atoms with Crippen molar-refractivity contribution in [2.45, 2.75) is 47.0 Å². The van der Waals surface area contributed by atoms with Crippen molar-refractivity contribution in [2.24, 2.45) is 11.3 Å². The first kappa shape index (κ1) is 12.2. The number of carbonyl (C=O) groups is 1. The van der Waals surface area contributed by atoms with Gasteiger partial charge in [-0.2, -0.15) is 5.26 Å². The summed E-state index contributed by atoms with van der Waals surface area (Å²) in [5.74, 6) is -0.291. The van der Waals surface area contributed by atoms with Crippen LogP contribution in [0.1, 0.15) is 47.0 Å². The third-order valence-electron chi connectivity index (χ3n) is 1.83. The first-order valence-corrected chi connectivity index (χ1v) is 4.83. The van der Waals surface area contributed by atoms with Gasteiger partial charge in [0, 0.05) is 6.42 Å². The van der Waals surface area contributed by atoms with Crippen LogP contribution in [-0.4, -0.2) is 5.78 Å². The molecule has 0 saturated heterocycles. The summed E-state index contributed by atoms with van der Waals surface area (Å²) in [7, 11) is 0. The van der Waals surface area contributed by atoms with E-state index in [4.69, 9.17) is 5.26 Å². The van der Waals surface area contributed by atoms with Crippen LogP contribution in [0.4, 0.5) is 0 Å². The van der Waals surface area contributed by atoms with Gasteiger partial charge in [0.2, 0.25) is 0 Å². The maximum absolute atomic E-state index is 11.6. The van der Waals surface area contributed by atoms with Crippen LogP contribution in [0, 0.1) is 22.7 Å². The lowest BCUT2D eigenvalue weighted by molar-refractivity contribution is -0.123. The predicted molar refractivity (Wildman–Crippen MR) is 53.1 cm³/mol. The van der Waals surface area contributed by atoms with E-state index in [1.807, 2.05) is 27.7 Å². The van der Waals surface area contributed by atoms with Gasteiger partial charge in [-0.1, -0.05) is 34.1 Å². The molecule has 74 valence electrons. The highest BCUT2D eigenvalue weighted by atomic mass is 16.1. The number of hydrogen-bond acceptors (Lipinski definition) is 2. The van der Waals surface area contributed by atoms with Gasteiger partial charge in [0.25, 0.3) is 0 Å². The molecule has 0 aromatic rings. The van der Waals surface area contributed by atoms with Crippen molar-refractivity contribution in [3.05, 3.63) is 0 Å². The second-order valence-electron chi connectivity index (χ2n) is 4.67. The van der Waals surface area contributed by atoms with Gasteiger partial charge in [0.05, 0.1) is 6.07 Å². The van der Waals surface area contributed by atoms with E-state index in [1.165, 1.54) is 0 Å². The van der Waals surface area contributed by atoms with Crippen molar-refractivity contribution in [3.63, 3.8) is 0 Å². The number of carbonyl (C=O) groups excluding carboxylic acids is 1. The molecule has 0 saturated carbocycles. The first-order valence-electron chi connectivity index (χ1n) is 4.83. The molecular weight excluding hydrogens is 162 g/mol. The predicted octanol–water partition coefficient (Wildman–Crippen LogP) is 2.93. The minimum Gasteiger partial charge on any atom is -0.298 e. The van der Waals surface area contributed by atoms with E-state index in [1.54, 1.807) is 0 Å². The molecule has 0 amide bonds. The highest BCUT2D eigenvalue weighted by molar-refractivity contribution is 5.83. The largest absolute Gasteiger partial charge is 0.298 e. The normalized spacial score (nSPS) is 13.5. The molecule has 2 heteroatoms. The number of rotatable bonds is 4. The van der Waals surface area contributed by atoms with Gasteiger partial charge in [0.1, 0.15) is 5.92 Å². The van der Waals surface area contributed by atoms with E-state index in [0.717, 1.165) is 6.42 Å². The lowest BCUT2D eigenvalue weighted by atomic mass is 9.85. The Balaban J connectivity index is 4.17. The zero-order valence-corrected chi connectivity index (χ0v) is 9.05. The second kappa shape index (κ2) is 5.01. The molecule has 0 radical (unpaired) electrons. The van der Waals surface area contributed by atoms with Gasteiger partial charge in [-0.25, -0.2) is 0 Å². The molecule has 2 nitrogen and oxygen atoms in total. The molecule has 0 bridgehead atoms. The van der Waals surface area contributed by atoms with Gasteiger partial charge >= 0.3 is 0 Å². The van der Waals surface area contributed by atoms with E-state index in [9.17, 15) is 4.79 Å². The average Bonchev–Trinajstić information content (AvgIpc) is 1.96. The maximum atomic E-state index is 11.6. The lowest BCUT2D eigenvalue weighted by Crippen LogP contribution is -2.19. The minimum atomic E-state index is -0.385. The molecule has 0 aliphatic heterocycles. The monoisotopic (exact) mass is 181 g/mol. The first-order chi connectivity index (χ1) is 5.90. The van der Waals surface area contributed by atoms with E-state index in [2.05, 4.69) is 6.07 Å². The van der Waals surface area contributed by atoms with Crippen LogP contribution in [0.5, 0.6) is 0 Å². The second-order valence-corrected chi connectivity index (χ2v) is 4.67. The molecule has 0 aromatic heterocycles. The molecule has 13 heavy (non-hydrogen) atoms. The Bertz CT molecular complexity index is 207. The van der Waals surface area contributed by atoms with Crippen LogP contribution >= 0.6 is 0 Å². The van der Waals surface area contributed by atoms with Gasteiger partial charge < -0.3 is 0 Å². The van der Waals surface area contributed by atoms with Crippen LogP contribution in [0.2, 0.25) is 0 Å². The van der Waals surface area contributed by atoms with E-state index in [0.29, 0.717) is 12.8 Å².